The fourth-order valence-corrected chi connectivity index (χ4v) is 0.984. The maximum absolute atomic E-state index is 12.7. The van der Waals surface area contributed by atoms with Gasteiger partial charge in [-0.15, -0.1) is 0 Å². The molecule has 0 unspecified atom stereocenters. The second kappa shape index (κ2) is 3.76. The van der Waals surface area contributed by atoms with Crippen molar-refractivity contribution in [1.29, 1.82) is 0 Å². The van der Waals surface area contributed by atoms with Gasteiger partial charge >= 0.3 is 0 Å². The van der Waals surface area contributed by atoms with Crippen LogP contribution in [0, 0.1) is 5.82 Å². The Kier molecular flexibility index (Phi) is 2.93. The molecule has 0 atom stereocenters. The quantitative estimate of drug-likeness (QED) is 0.692. The van der Waals surface area contributed by atoms with Crippen molar-refractivity contribution in [2.24, 2.45) is 0 Å². The summed E-state index contributed by atoms with van der Waals surface area (Å²) in [6.45, 7) is 3.72. The molecule has 3 heteroatoms. The van der Waals surface area contributed by atoms with E-state index in [2.05, 4.69) is 0 Å². The van der Waals surface area contributed by atoms with Gasteiger partial charge in [-0.3, -0.25) is 0 Å². The minimum atomic E-state index is -0.338. The summed E-state index contributed by atoms with van der Waals surface area (Å²) in [6, 6.07) is 4.06. The summed E-state index contributed by atoms with van der Waals surface area (Å²) in [5.74, 6) is 0.0571. The maximum Gasteiger partial charge on any atom is 0.141 e. The topological polar surface area (TPSA) is 9.23 Å². The van der Waals surface area contributed by atoms with E-state index in [1.807, 2.05) is 13.8 Å². The number of halogens is 2. The first-order valence-corrected chi connectivity index (χ1v) is 4.09. The molecule has 0 aliphatic heterocycles. The lowest BCUT2D eigenvalue weighted by Gasteiger charge is -2.10. The van der Waals surface area contributed by atoms with Crippen LogP contribution in [0.5, 0.6) is 5.75 Å². The summed E-state index contributed by atoms with van der Waals surface area (Å²) in [4.78, 5) is 0. The van der Waals surface area contributed by atoms with Gasteiger partial charge in [0.1, 0.15) is 11.6 Å². The zero-order valence-electron chi connectivity index (χ0n) is 6.97. The molecule has 1 aromatic carbocycles. The van der Waals surface area contributed by atoms with Gasteiger partial charge < -0.3 is 4.74 Å². The minimum Gasteiger partial charge on any atom is -0.489 e. The van der Waals surface area contributed by atoms with Crippen LogP contribution in [0.3, 0.4) is 0 Å². The first kappa shape index (κ1) is 9.33. The largest absolute Gasteiger partial charge is 0.489 e. The molecule has 1 rings (SSSR count). The Balaban J connectivity index is 2.90. The van der Waals surface area contributed by atoms with E-state index in [1.165, 1.54) is 18.2 Å². The lowest BCUT2D eigenvalue weighted by molar-refractivity contribution is 0.241. The molecule has 0 amide bonds. The average molecular weight is 189 g/mol. The summed E-state index contributed by atoms with van der Waals surface area (Å²) in [6.07, 6.45) is 0.00398. The van der Waals surface area contributed by atoms with E-state index < -0.39 is 0 Å². The van der Waals surface area contributed by atoms with Crippen molar-refractivity contribution in [1.82, 2.24) is 0 Å². The van der Waals surface area contributed by atoms with Crippen molar-refractivity contribution < 1.29 is 9.13 Å². The lowest BCUT2D eigenvalue weighted by atomic mass is 10.3. The van der Waals surface area contributed by atoms with Gasteiger partial charge in [0.15, 0.2) is 0 Å². The van der Waals surface area contributed by atoms with Crippen LogP contribution >= 0.6 is 11.6 Å². The van der Waals surface area contributed by atoms with Crippen LogP contribution in [0.1, 0.15) is 13.8 Å². The van der Waals surface area contributed by atoms with E-state index in [9.17, 15) is 4.39 Å². The molecule has 1 aromatic rings. The monoisotopic (exact) mass is 188 g/mol. The molecule has 12 heavy (non-hydrogen) atoms. The molecule has 0 aliphatic carbocycles. The lowest BCUT2D eigenvalue weighted by Crippen LogP contribution is -2.05. The van der Waals surface area contributed by atoms with Crippen LogP contribution in [0.25, 0.3) is 0 Å². The predicted octanol–water partition coefficient (Wildman–Crippen LogP) is 3.27. The Morgan fingerprint density at radius 2 is 2.08 bits per heavy atom. The van der Waals surface area contributed by atoms with Gasteiger partial charge in [0.05, 0.1) is 11.1 Å². The van der Waals surface area contributed by atoms with Crippen LogP contribution in [-0.4, -0.2) is 6.10 Å². The molecule has 0 N–H and O–H groups in total. The van der Waals surface area contributed by atoms with E-state index in [1.54, 1.807) is 0 Å². The summed E-state index contributed by atoms with van der Waals surface area (Å²) >= 11 is 5.75. The number of benzene rings is 1. The minimum absolute atomic E-state index is 0.00398. The highest BCUT2D eigenvalue weighted by Crippen LogP contribution is 2.25. The van der Waals surface area contributed by atoms with Gasteiger partial charge in [-0.25, -0.2) is 4.39 Å². The van der Waals surface area contributed by atoms with Gasteiger partial charge in [-0.05, 0) is 26.0 Å². The Hall–Kier alpha value is -0.760. The molecule has 0 spiro atoms. The highest BCUT2D eigenvalue weighted by Gasteiger charge is 2.04. The van der Waals surface area contributed by atoms with Gasteiger partial charge in [0, 0.05) is 6.07 Å². The molecular weight excluding hydrogens is 179 g/mol. The molecule has 0 radical (unpaired) electrons. The predicted molar refractivity (Wildman–Crippen MR) is 47.2 cm³/mol. The SMILES string of the molecule is CC(C)Oc1cc(F)ccc1Cl. The molecule has 1 nitrogen and oxygen atoms in total. The van der Waals surface area contributed by atoms with E-state index in [0.717, 1.165) is 0 Å². The highest BCUT2D eigenvalue weighted by molar-refractivity contribution is 6.32. The normalized spacial score (nSPS) is 10.4. The van der Waals surface area contributed by atoms with E-state index >= 15 is 0 Å². The van der Waals surface area contributed by atoms with Gasteiger partial charge in [0.2, 0.25) is 0 Å². The molecular formula is C9H10ClFO. The fraction of sp³-hybridized carbons (Fsp3) is 0.333. The molecule has 0 saturated heterocycles. The molecule has 0 aromatic heterocycles. The Labute approximate surface area is 76.1 Å². The van der Waals surface area contributed by atoms with Crippen LogP contribution in [0.15, 0.2) is 18.2 Å². The molecule has 0 fully saturated rings. The summed E-state index contributed by atoms with van der Waals surface area (Å²) in [5, 5.41) is 0.435. The molecule has 0 bridgehead atoms. The van der Waals surface area contributed by atoms with Crippen molar-refractivity contribution >= 4 is 11.6 Å². The number of ether oxygens (including phenoxy) is 1. The summed E-state index contributed by atoms with van der Waals surface area (Å²) in [7, 11) is 0. The summed E-state index contributed by atoms with van der Waals surface area (Å²) < 4.78 is 17.9. The first-order valence-electron chi connectivity index (χ1n) is 3.71. The third-order valence-electron chi connectivity index (χ3n) is 1.26. The second-order valence-electron chi connectivity index (χ2n) is 2.74. The van der Waals surface area contributed by atoms with Crippen molar-refractivity contribution in [2.45, 2.75) is 20.0 Å². The Bertz CT molecular complexity index is 273. The zero-order valence-corrected chi connectivity index (χ0v) is 7.73. The molecule has 0 heterocycles. The molecule has 0 aliphatic rings. The number of hydrogen-bond acceptors (Lipinski definition) is 1. The Morgan fingerprint density at radius 1 is 1.42 bits per heavy atom. The smallest absolute Gasteiger partial charge is 0.141 e. The third kappa shape index (κ3) is 2.38. The van der Waals surface area contributed by atoms with Crippen molar-refractivity contribution in [3.05, 3.63) is 29.0 Å². The van der Waals surface area contributed by atoms with Crippen molar-refractivity contribution in [3.8, 4) is 5.75 Å². The number of hydrogen-bond donors (Lipinski definition) is 0. The van der Waals surface area contributed by atoms with Crippen LogP contribution < -0.4 is 4.74 Å². The maximum atomic E-state index is 12.7. The van der Waals surface area contributed by atoms with E-state index in [-0.39, 0.29) is 11.9 Å². The first-order chi connectivity index (χ1) is 5.59. The van der Waals surface area contributed by atoms with Crippen molar-refractivity contribution in [3.63, 3.8) is 0 Å². The van der Waals surface area contributed by atoms with Crippen LogP contribution in [-0.2, 0) is 0 Å². The van der Waals surface area contributed by atoms with E-state index in [4.69, 9.17) is 16.3 Å². The van der Waals surface area contributed by atoms with Gasteiger partial charge in [-0.2, -0.15) is 0 Å². The van der Waals surface area contributed by atoms with E-state index in [0.29, 0.717) is 10.8 Å². The highest BCUT2D eigenvalue weighted by atomic mass is 35.5. The van der Waals surface area contributed by atoms with Crippen LogP contribution in [0.2, 0.25) is 5.02 Å². The Morgan fingerprint density at radius 3 is 2.67 bits per heavy atom. The zero-order chi connectivity index (χ0) is 9.14. The standard InChI is InChI=1S/C9H10ClFO/c1-6(2)12-9-5-7(11)3-4-8(9)10/h3-6H,1-2H3. The van der Waals surface area contributed by atoms with Gasteiger partial charge in [0.25, 0.3) is 0 Å². The second-order valence-corrected chi connectivity index (χ2v) is 3.15. The third-order valence-corrected chi connectivity index (χ3v) is 1.57. The number of rotatable bonds is 2. The molecule has 66 valence electrons. The van der Waals surface area contributed by atoms with Gasteiger partial charge in [-0.1, -0.05) is 11.6 Å². The summed E-state index contributed by atoms with van der Waals surface area (Å²) in [5.41, 5.74) is 0. The van der Waals surface area contributed by atoms with Crippen molar-refractivity contribution in [2.75, 3.05) is 0 Å². The fourth-order valence-electron chi connectivity index (χ4n) is 0.821. The van der Waals surface area contributed by atoms with Crippen LogP contribution in [0.4, 0.5) is 4.39 Å². The average Bonchev–Trinajstić information content (AvgIpc) is 1.96. The molecule has 0 saturated carbocycles.